The van der Waals surface area contributed by atoms with Gasteiger partial charge in [0.1, 0.15) is 6.10 Å². The Bertz CT molecular complexity index is 219. The van der Waals surface area contributed by atoms with Crippen molar-refractivity contribution in [1.82, 2.24) is 4.90 Å². The van der Waals surface area contributed by atoms with Gasteiger partial charge in [0.25, 0.3) is 0 Å². The van der Waals surface area contributed by atoms with Crippen LogP contribution in [0, 0.1) is 0 Å². The van der Waals surface area contributed by atoms with Gasteiger partial charge < -0.3 is 10.5 Å². The van der Waals surface area contributed by atoms with Crippen molar-refractivity contribution >= 4 is 17.9 Å². The van der Waals surface area contributed by atoms with Gasteiger partial charge in [0.05, 0.1) is 11.9 Å². The molecule has 4 nitrogen and oxygen atoms in total. The number of nitrogens with zero attached hydrogens (tertiary/aromatic N) is 1. The highest BCUT2D eigenvalue weighted by molar-refractivity contribution is 7.99. The van der Waals surface area contributed by atoms with Gasteiger partial charge in [-0.3, -0.25) is 4.90 Å². The normalized spacial score (nSPS) is 33.2. The number of thioether (sulfide) groups is 1. The maximum Gasteiger partial charge on any atom is 0.411 e. The van der Waals surface area contributed by atoms with Gasteiger partial charge in [-0.2, -0.15) is 0 Å². The summed E-state index contributed by atoms with van der Waals surface area (Å²) >= 11 is 1.86. The van der Waals surface area contributed by atoms with Gasteiger partial charge in [0, 0.05) is 6.54 Å². The van der Waals surface area contributed by atoms with E-state index in [9.17, 15) is 4.79 Å². The first-order chi connectivity index (χ1) is 6.81. The van der Waals surface area contributed by atoms with E-state index in [1.165, 1.54) is 12.8 Å². The number of carbonyl (C=O) groups is 1. The Kier molecular flexibility index (Phi) is 3.18. The molecule has 0 aromatic heterocycles. The summed E-state index contributed by atoms with van der Waals surface area (Å²) in [4.78, 5) is 13.3. The van der Waals surface area contributed by atoms with E-state index in [2.05, 4.69) is 0 Å². The molecule has 2 fully saturated rings. The van der Waals surface area contributed by atoms with Crippen molar-refractivity contribution in [2.75, 3.05) is 18.8 Å². The topological polar surface area (TPSA) is 55.6 Å². The fourth-order valence-corrected chi connectivity index (χ4v) is 3.20. The molecule has 0 bridgehead atoms. The lowest BCUT2D eigenvalue weighted by molar-refractivity contribution is 0.133. The van der Waals surface area contributed by atoms with E-state index in [0.29, 0.717) is 18.5 Å². The van der Waals surface area contributed by atoms with E-state index < -0.39 is 0 Å². The molecule has 1 amide bonds. The van der Waals surface area contributed by atoms with Crippen LogP contribution in [0.5, 0.6) is 0 Å². The zero-order chi connectivity index (χ0) is 9.97. The van der Waals surface area contributed by atoms with Crippen LogP contribution in [0.3, 0.4) is 0 Å². The first-order valence-electron chi connectivity index (χ1n) is 5.10. The van der Waals surface area contributed by atoms with E-state index in [4.69, 9.17) is 10.5 Å². The Labute approximate surface area is 88.1 Å². The van der Waals surface area contributed by atoms with Crippen molar-refractivity contribution in [2.24, 2.45) is 5.73 Å². The number of rotatable bonds is 2. The van der Waals surface area contributed by atoms with Crippen LogP contribution in [0.4, 0.5) is 4.79 Å². The third-order valence-corrected chi connectivity index (χ3v) is 4.07. The third kappa shape index (κ3) is 1.98. The Morgan fingerprint density at radius 3 is 3.00 bits per heavy atom. The largest absolute Gasteiger partial charge is 0.443 e. The van der Waals surface area contributed by atoms with Crippen LogP contribution in [0.25, 0.3) is 0 Å². The molecule has 0 spiro atoms. The van der Waals surface area contributed by atoms with Gasteiger partial charge in [-0.15, -0.1) is 11.8 Å². The molecule has 2 atom stereocenters. The second kappa shape index (κ2) is 4.40. The summed E-state index contributed by atoms with van der Waals surface area (Å²) in [6.07, 6.45) is 3.31. The van der Waals surface area contributed by atoms with E-state index in [-0.39, 0.29) is 12.2 Å². The number of carbonyl (C=O) groups excluding carboxylic acids is 1. The lowest BCUT2D eigenvalue weighted by atomic mass is 10.2. The first-order valence-corrected chi connectivity index (χ1v) is 6.15. The van der Waals surface area contributed by atoms with Crippen LogP contribution in [0.2, 0.25) is 0 Å². The van der Waals surface area contributed by atoms with E-state index >= 15 is 0 Å². The van der Waals surface area contributed by atoms with E-state index in [1.807, 2.05) is 16.7 Å². The summed E-state index contributed by atoms with van der Waals surface area (Å²) in [6.45, 7) is 1.10. The van der Waals surface area contributed by atoms with Gasteiger partial charge in [0.2, 0.25) is 0 Å². The predicted octanol–water partition coefficient (Wildman–Crippen LogP) is 1.01. The average molecular weight is 216 g/mol. The highest BCUT2D eigenvalue weighted by Crippen LogP contribution is 2.30. The fraction of sp³-hybridized carbons (Fsp3) is 0.889. The molecule has 0 aromatic carbocycles. The molecule has 2 aliphatic rings. The van der Waals surface area contributed by atoms with Crippen LogP contribution in [0.15, 0.2) is 0 Å². The first kappa shape index (κ1) is 10.1. The van der Waals surface area contributed by atoms with Gasteiger partial charge in [0.15, 0.2) is 0 Å². The number of cyclic esters (lactones) is 1. The zero-order valence-electron chi connectivity index (χ0n) is 8.15. The molecule has 2 rings (SSSR count). The molecular formula is C9H16N2O2S. The predicted molar refractivity (Wildman–Crippen MR) is 56.1 cm³/mol. The summed E-state index contributed by atoms with van der Waals surface area (Å²) in [6, 6.07) is 0. The second-order valence-corrected chi connectivity index (χ2v) is 5.00. The van der Waals surface area contributed by atoms with Crippen LogP contribution in [0.1, 0.15) is 19.3 Å². The number of hydrogen-bond donors (Lipinski definition) is 1. The second-order valence-electron chi connectivity index (χ2n) is 3.72. The molecule has 0 radical (unpaired) electrons. The standard InChI is InChI=1S/C9H16N2O2S/c10-5-7-6-11(9(12)13-7)8-3-1-2-4-14-8/h7-8H,1-6,10H2/t7-,8?/m0/s1. The summed E-state index contributed by atoms with van der Waals surface area (Å²) in [7, 11) is 0. The van der Waals surface area contributed by atoms with Gasteiger partial charge in [-0.25, -0.2) is 4.79 Å². The monoisotopic (exact) mass is 216 g/mol. The Morgan fingerprint density at radius 1 is 1.57 bits per heavy atom. The van der Waals surface area contributed by atoms with Crippen molar-refractivity contribution in [2.45, 2.75) is 30.7 Å². The molecule has 2 aliphatic heterocycles. The summed E-state index contributed by atoms with van der Waals surface area (Å²) in [5, 5.41) is 0.327. The number of nitrogens with two attached hydrogens (primary N) is 1. The Hall–Kier alpha value is -0.420. The molecule has 2 N–H and O–H groups in total. The molecule has 2 saturated heterocycles. The summed E-state index contributed by atoms with van der Waals surface area (Å²) in [5.74, 6) is 1.15. The maximum atomic E-state index is 11.5. The van der Waals surface area contributed by atoms with E-state index in [0.717, 1.165) is 12.2 Å². The molecule has 0 saturated carbocycles. The van der Waals surface area contributed by atoms with Crippen LogP contribution in [-0.4, -0.2) is 41.3 Å². The van der Waals surface area contributed by atoms with Crippen LogP contribution >= 0.6 is 11.8 Å². The third-order valence-electron chi connectivity index (χ3n) is 2.67. The molecular weight excluding hydrogens is 200 g/mol. The maximum absolute atomic E-state index is 11.5. The zero-order valence-corrected chi connectivity index (χ0v) is 8.96. The van der Waals surface area contributed by atoms with E-state index in [1.54, 1.807) is 0 Å². The summed E-state index contributed by atoms with van der Waals surface area (Å²) in [5.41, 5.74) is 5.48. The minimum atomic E-state index is -0.181. The lowest BCUT2D eigenvalue weighted by Crippen LogP contribution is -2.36. The van der Waals surface area contributed by atoms with Gasteiger partial charge in [-0.1, -0.05) is 0 Å². The van der Waals surface area contributed by atoms with Crippen LogP contribution < -0.4 is 5.73 Å². The lowest BCUT2D eigenvalue weighted by Gasteiger charge is -2.28. The highest BCUT2D eigenvalue weighted by atomic mass is 32.2. The Morgan fingerprint density at radius 2 is 2.43 bits per heavy atom. The smallest absolute Gasteiger partial charge is 0.411 e. The minimum absolute atomic E-state index is 0.0926. The van der Waals surface area contributed by atoms with Crippen LogP contribution in [-0.2, 0) is 4.74 Å². The average Bonchev–Trinajstić information content (AvgIpc) is 2.61. The number of amides is 1. The summed E-state index contributed by atoms with van der Waals surface area (Å²) < 4.78 is 5.12. The van der Waals surface area contributed by atoms with Crippen molar-refractivity contribution in [3.63, 3.8) is 0 Å². The molecule has 5 heteroatoms. The van der Waals surface area contributed by atoms with Crippen molar-refractivity contribution < 1.29 is 9.53 Å². The van der Waals surface area contributed by atoms with Crippen molar-refractivity contribution in [3.8, 4) is 0 Å². The van der Waals surface area contributed by atoms with Gasteiger partial charge in [-0.05, 0) is 25.0 Å². The molecule has 1 unspecified atom stereocenters. The molecule has 80 valence electrons. The van der Waals surface area contributed by atoms with Gasteiger partial charge >= 0.3 is 6.09 Å². The molecule has 0 aliphatic carbocycles. The molecule has 14 heavy (non-hydrogen) atoms. The van der Waals surface area contributed by atoms with Crippen molar-refractivity contribution in [3.05, 3.63) is 0 Å². The Balaban J connectivity index is 1.93. The highest BCUT2D eigenvalue weighted by Gasteiger charge is 2.35. The molecule has 0 aromatic rings. The number of ether oxygens (including phenoxy) is 1. The SMILES string of the molecule is NC[C@H]1CN(C2CCCCS2)C(=O)O1. The quantitative estimate of drug-likeness (QED) is 0.748. The van der Waals surface area contributed by atoms with Crippen molar-refractivity contribution in [1.29, 1.82) is 0 Å². The fourth-order valence-electron chi connectivity index (χ4n) is 1.87. The molecule has 2 heterocycles. The minimum Gasteiger partial charge on any atom is -0.443 e. The number of hydrogen-bond acceptors (Lipinski definition) is 4.